The molecule has 1 aromatic carbocycles. The van der Waals surface area contributed by atoms with Crippen molar-refractivity contribution in [3.05, 3.63) is 35.9 Å². The molecule has 0 fully saturated rings. The summed E-state index contributed by atoms with van der Waals surface area (Å²) in [5.74, 6) is 2.09. The molecule has 1 aromatic rings. The monoisotopic (exact) mass is 293 g/mol. The molecule has 0 aliphatic heterocycles. The van der Waals surface area contributed by atoms with Gasteiger partial charge in [0.15, 0.2) is 0 Å². The molecule has 0 amide bonds. The van der Waals surface area contributed by atoms with E-state index in [-0.39, 0.29) is 0 Å². The molecule has 1 N–H and O–H groups in total. The fraction of sp³-hybridized carbons (Fsp3) is 0.667. The van der Waals surface area contributed by atoms with Gasteiger partial charge < -0.3 is 5.32 Å². The van der Waals surface area contributed by atoms with E-state index in [2.05, 4.69) is 75.1 Å². The van der Waals surface area contributed by atoms with Crippen LogP contribution in [0.3, 0.4) is 0 Å². The molecule has 1 nitrogen and oxygen atoms in total. The number of hydrogen-bond acceptors (Lipinski definition) is 2. The first kappa shape index (κ1) is 17.6. The number of benzene rings is 1. The van der Waals surface area contributed by atoms with Crippen molar-refractivity contribution < 1.29 is 0 Å². The van der Waals surface area contributed by atoms with Crippen LogP contribution in [0.25, 0.3) is 0 Å². The molecule has 0 aliphatic rings. The molecular weight excluding hydrogens is 262 g/mol. The summed E-state index contributed by atoms with van der Waals surface area (Å²) in [6.45, 7) is 10.3. The SMILES string of the molecule is CCCNC(c1ccccc1)C(CC)SCC(C)CC. The van der Waals surface area contributed by atoms with Gasteiger partial charge in [-0.05, 0) is 36.6 Å². The third kappa shape index (κ3) is 5.88. The Morgan fingerprint density at radius 1 is 1.05 bits per heavy atom. The Morgan fingerprint density at radius 3 is 2.30 bits per heavy atom. The quantitative estimate of drug-likeness (QED) is 0.629. The number of hydrogen-bond donors (Lipinski definition) is 1. The lowest BCUT2D eigenvalue weighted by atomic mass is 10.0. The van der Waals surface area contributed by atoms with E-state index in [1.807, 2.05) is 0 Å². The summed E-state index contributed by atoms with van der Waals surface area (Å²) in [7, 11) is 0. The minimum atomic E-state index is 0.482. The normalized spacial score (nSPS) is 15.8. The van der Waals surface area contributed by atoms with Crippen molar-refractivity contribution in [3.63, 3.8) is 0 Å². The summed E-state index contributed by atoms with van der Waals surface area (Å²) in [6, 6.07) is 11.4. The summed E-state index contributed by atoms with van der Waals surface area (Å²) in [5.41, 5.74) is 1.43. The zero-order chi connectivity index (χ0) is 14.8. The maximum Gasteiger partial charge on any atom is 0.0440 e. The standard InChI is InChI=1S/C18H31NS/c1-5-13-19-18(16-11-9-8-10-12-16)17(7-3)20-14-15(4)6-2/h8-12,15,17-19H,5-7,13-14H2,1-4H3. The van der Waals surface area contributed by atoms with Gasteiger partial charge in [-0.25, -0.2) is 0 Å². The van der Waals surface area contributed by atoms with Crippen LogP contribution in [0.15, 0.2) is 30.3 Å². The first-order valence-corrected chi connectivity index (χ1v) is 9.17. The van der Waals surface area contributed by atoms with Gasteiger partial charge in [0.1, 0.15) is 0 Å². The lowest BCUT2D eigenvalue weighted by Crippen LogP contribution is -2.31. The predicted molar refractivity (Wildman–Crippen MR) is 93.5 cm³/mol. The lowest BCUT2D eigenvalue weighted by Gasteiger charge is -2.28. The molecule has 0 aromatic heterocycles. The molecular formula is C18H31NS. The van der Waals surface area contributed by atoms with Crippen LogP contribution in [0.1, 0.15) is 58.6 Å². The van der Waals surface area contributed by atoms with Crippen LogP contribution in [0.5, 0.6) is 0 Å². The third-order valence-corrected chi connectivity index (χ3v) is 5.63. The summed E-state index contributed by atoms with van der Waals surface area (Å²) in [6.07, 6.45) is 3.69. The summed E-state index contributed by atoms with van der Waals surface area (Å²) in [5, 5.41) is 4.42. The van der Waals surface area contributed by atoms with Crippen molar-refractivity contribution in [2.24, 2.45) is 5.92 Å². The van der Waals surface area contributed by atoms with Gasteiger partial charge in [0, 0.05) is 11.3 Å². The second kappa shape index (κ2) is 10.3. The van der Waals surface area contributed by atoms with Gasteiger partial charge in [0.05, 0.1) is 0 Å². The Balaban J connectivity index is 2.73. The van der Waals surface area contributed by atoms with Gasteiger partial charge >= 0.3 is 0 Å². The molecule has 1 rings (SSSR count). The smallest absolute Gasteiger partial charge is 0.0440 e. The highest BCUT2D eigenvalue weighted by molar-refractivity contribution is 7.99. The Kier molecular flexibility index (Phi) is 9.04. The van der Waals surface area contributed by atoms with E-state index in [0.29, 0.717) is 11.3 Å². The van der Waals surface area contributed by atoms with Crippen molar-refractivity contribution in [2.75, 3.05) is 12.3 Å². The van der Waals surface area contributed by atoms with Gasteiger partial charge in [-0.1, -0.05) is 64.4 Å². The molecule has 0 spiro atoms. The molecule has 3 unspecified atom stereocenters. The van der Waals surface area contributed by atoms with Gasteiger partial charge in [0.25, 0.3) is 0 Å². The molecule has 0 aliphatic carbocycles. The molecule has 20 heavy (non-hydrogen) atoms. The van der Waals surface area contributed by atoms with Crippen molar-refractivity contribution in [3.8, 4) is 0 Å². The summed E-state index contributed by atoms with van der Waals surface area (Å²) >= 11 is 2.15. The number of thioether (sulfide) groups is 1. The minimum Gasteiger partial charge on any atom is -0.309 e. The topological polar surface area (TPSA) is 12.0 Å². The highest BCUT2D eigenvalue weighted by Crippen LogP contribution is 2.30. The first-order valence-electron chi connectivity index (χ1n) is 8.12. The van der Waals surface area contributed by atoms with E-state index in [1.54, 1.807) is 0 Å². The van der Waals surface area contributed by atoms with Crippen LogP contribution in [0.4, 0.5) is 0 Å². The first-order chi connectivity index (χ1) is 9.72. The van der Waals surface area contributed by atoms with E-state index in [4.69, 9.17) is 0 Å². The molecule has 0 radical (unpaired) electrons. The van der Waals surface area contributed by atoms with Crippen LogP contribution < -0.4 is 5.32 Å². The van der Waals surface area contributed by atoms with Gasteiger partial charge in [-0.15, -0.1) is 0 Å². The van der Waals surface area contributed by atoms with E-state index >= 15 is 0 Å². The molecule has 0 bridgehead atoms. The Morgan fingerprint density at radius 2 is 1.75 bits per heavy atom. The van der Waals surface area contributed by atoms with Crippen molar-refractivity contribution in [2.45, 2.75) is 58.2 Å². The lowest BCUT2D eigenvalue weighted by molar-refractivity contribution is 0.503. The van der Waals surface area contributed by atoms with E-state index < -0.39 is 0 Å². The summed E-state index contributed by atoms with van der Waals surface area (Å²) in [4.78, 5) is 0. The van der Waals surface area contributed by atoms with Crippen molar-refractivity contribution >= 4 is 11.8 Å². The van der Waals surface area contributed by atoms with E-state index in [9.17, 15) is 0 Å². The molecule has 3 atom stereocenters. The highest BCUT2D eigenvalue weighted by atomic mass is 32.2. The molecule has 114 valence electrons. The van der Waals surface area contributed by atoms with Crippen LogP contribution in [0.2, 0.25) is 0 Å². The van der Waals surface area contributed by atoms with Gasteiger partial charge in [0.2, 0.25) is 0 Å². The largest absolute Gasteiger partial charge is 0.309 e. The maximum absolute atomic E-state index is 3.76. The van der Waals surface area contributed by atoms with Crippen LogP contribution in [-0.2, 0) is 0 Å². The third-order valence-electron chi connectivity index (χ3n) is 3.84. The zero-order valence-electron chi connectivity index (χ0n) is 13.6. The highest BCUT2D eigenvalue weighted by Gasteiger charge is 2.21. The number of rotatable bonds is 10. The zero-order valence-corrected chi connectivity index (χ0v) is 14.4. The van der Waals surface area contributed by atoms with E-state index in [1.165, 1.54) is 30.6 Å². The molecule has 0 saturated carbocycles. The Bertz CT molecular complexity index is 339. The molecule has 0 saturated heterocycles. The van der Waals surface area contributed by atoms with Gasteiger partial charge in [-0.3, -0.25) is 0 Å². The number of nitrogens with one attached hydrogen (secondary N) is 1. The Labute approximate surface area is 129 Å². The minimum absolute atomic E-state index is 0.482. The fourth-order valence-electron chi connectivity index (χ4n) is 2.28. The maximum atomic E-state index is 3.76. The van der Waals surface area contributed by atoms with E-state index in [0.717, 1.165) is 12.5 Å². The second-order valence-electron chi connectivity index (χ2n) is 5.64. The fourth-order valence-corrected chi connectivity index (χ4v) is 3.77. The van der Waals surface area contributed by atoms with Crippen molar-refractivity contribution in [1.29, 1.82) is 0 Å². The van der Waals surface area contributed by atoms with Crippen LogP contribution >= 0.6 is 11.8 Å². The van der Waals surface area contributed by atoms with Crippen LogP contribution in [0, 0.1) is 5.92 Å². The molecule has 2 heteroatoms. The summed E-state index contributed by atoms with van der Waals surface area (Å²) < 4.78 is 0. The average Bonchev–Trinajstić information content (AvgIpc) is 2.51. The van der Waals surface area contributed by atoms with Gasteiger partial charge in [-0.2, -0.15) is 11.8 Å². The molecule has 0 heterocycles. The average molecular weight is 294 g/mol. The second-order valence-corrected chi connectivity index (χ2v) is 6.91. The predicted octanol–water partition coefficient (Wildman–Crippen LogP) is 5.29. The van der Waals surface area contributed by atoms with Crippen LogP contribution in [-0.4, -0.2) is 17.5 Å². The Hall–Kier alpha value is -0.470. The van der Waals surface area contributed by atoms with Crippen molar-refractivity contribution in [1.82, 2.24) is 5.32 Å².